The molecule has 0 heterocycles. The van der Waals surface area contributed by atoms with Gasteiger partial charge < -0.3 is 0 Å². The Kier molecular flexibility index (Phi) is 7.01. The third kappa shape index (κ3) is 4.90. The molecule has 0 radical (unpaired) electrons. The zero-order valence-electron chi connectivity index (χ0n) is 12.5. The molecule has 0 saturated heterocycles. The molecule has 4 nitrogen and oxygen atoms in total. The molecule has 114 valence electrons. The predicted octanol–water partition coefficient (Wildman–Crippen LogP) is 3.89. The molecule has 2 rings (SSSR count). The molecule has 22 heavy (non-hydrogen) atoms. The van der Waals surface area contributed by atoms with Crippen LogP contribution in [-0.4, -0.2) is 28.7 Å². The zero-order valence-corrected chi connectivity index (χ0v) is 14.2. The SMILES string of the molecule is COCC[C@H]([Se]c1ccccc1)[C@H](N=[N+]=[N-])c1ccccc1. The van der Waals surface area contributed by atoms with E-state index in [2.05, 4.69) is 34.3 Å². The maximum absolute atomic E-state index is 8.97. The molecular formula is C17H19N3OSe. The van der Waals surface area contributed by atoms with Gasteiger partial charge in [0.1, 0.15) is 0 Å². The van der Waals surface area contributed by atoms with Gasteiger partial charge >= 0.3 is 137 Å². The number of ether oxygens (including phenoxy) is 1. The quantitative estimate of drug-likeness (QED) is 0.305. The van der Waals surface area contributed by atoms with Crippen LogP contribution in [0.3, 0.4) is 0 Å². The Hall–Kier alpha value is -1.77. The molecule has 0 aliphatic carbocycles. The first-order chi connectivity index (χ1) is 10.8. The van der Waals surface area contributed by atoms with Crippen molar-refractivity contribution in [2.45, 2.75) is 17.3 Å². The van der Waals surface area contributed by atoms with E-state index >= 15 is 0 Å². The standard InChI is InChI=1S/C17H19N3OSe/c1-21-13-12-16(22-15-10-6-3-7-11-15)17(19-20-18)14-8-4-2-5-9-14/h2-11,16-17H,12-13H2,1H3/t16-,17+/m0/s1. The van der Waals surface area contributed by atoms with Gasteiger partial charge in [-0.15, -0.1) is 0 Å². The first-order valence-corrected chi connectivity index (χ1v) is 8.99. The predicted molar refractivity (Wildman–Crippen MR) is 90.4 cm³/mol. The first kappa shape index (κ1) is 16.6. The second kappa shape index (κ2) is 9.29. The summed E-state index contributed by atoms with van der Waals surface area (Å²) in [6.07, 6.45) is 0.879. The van der Waals surface area contributed by atoms with Crippen LogP contribution in [0.1, 0.15) is 18.0 Å². The van der Waals surface area contributed by atoms with Crippen LogP contribution in [0, 0.1) is 0 Å². The molecule has 0 aliphatic heterocycles. The Labute approximate surface area is 137 Å². The van der Waals surface area contributed by atoms with Gasteiger partial charge in [-0.25, -0.2) is 0 Å². The molecule has 0 unspecified atom stereocenters. The van der Waals surface area contributed by atoms with E-state index < -0.39 is 0 Å². The summed E-state index contributed by atoms with van der Waals surface area (Å²) < 4.78 is 6.56. The van der Waals surface area contributed by atoms with Crippen LogP contribution in [0.4, 0.5) is 0 Å². The molecule has 0 saturated carbocycles. The summed E-state index contributed by atoms with van der Waals surface area (Å²) in [6.45, 7) is 0.670. The number of methoxy groups -OCH3 is 1. The average Bonchev–Trinajstić information content (AvgIpc) is 2.58. The molecule has 0 fully saturated rings. The average molecular weight is 360 g/mol. The summed E-state index contributed by atoms with van der Waals surface area (Å²) in [7, 11) is 1.71. The van der Waals surface area contributed by atoms with Crippen molar-refractivity contribution in [3.05, 3.63) is 76.7 Å². The van der Waals surface area contributed by atoms with Gasteiger partial charge in [-0.05, 0) is 0 Å². The third-order valence-corrected chi connectivity index (χ3v) is 6.12. The summed E-state index contributed by atoms with van der Waals surface area (Å²) in [5, 5.41) is 4.08. The second-order valence-electron chi connectivity index (χ2n) is 4.81. The number of azide groups is 1. The third-order valence-electron chi connectivity index (χ3n) is 3.31. The Morgan fingerprint density at radius 3 is 2.32 bits per heavy atom. The number of nitrogens with zero attached hydrogens (tertiary/aromatic N) is 3. The fourth-order valence-electron chi connectivity index (χ4n) is 2.25. The van der Waals surface area contributed by atoms with Crippen LogP contribution < -0.4 is 4.46 Å². The molecule has 0 N–H and O–H groups in total. The fourth-order valence-corrected chi connectivity index (χ4v) is 4.81. The summed E-state index contributed by atoms with van der Waals surface area (Å²) in [5.74, 6) is 0. The second-order valence-corrected chi connectivity index (χ2v) is 7.57. The van der Waals surface area contributed by atoms with E-state index in [1.165, 1.54) is 4.46 Å². The van der Waals surface area contributed by atoms with Gasteiger partial charge in [-0.3, -0.25) is 0 Å². The van der Waals surface area contributed by atoms with Crippen LogP contribution in [-0.2, 0) is 4.74 Å². The van der Waals surface area contributed by atoms with Gasteiger partial charge in [0.25, 0.3) is 0 Å². The first-order valence-electron chi connectivity index (χ1n) is 7.15. The Bertz CT molecular complexity index is 600. The van der Waals surface area contributed by atoms with Crippen molar-refractivity contribution in [3.8, 4) is 0 Å². The number of rotatable bonds is 8. The van der Waals surface area contributed by atoms with Gasteiger partial charge in [0.2, 0.25) is 0 Å². The molecule has 5 heteroatoms. The summed E-state index contributed by atoms with van der Waals surface area (Å²) >= 11 is 0.217. The molecule has 2 aromatic rings. The van der Waals surface area contributed by atoms with Gasteiger partial charge in [-0.2, -0.15) is 0 Å². The van der Waals surface area contributed by atoms with Crippen LogP contribution >= 0.6 is 0 Å². The van der Waals surface area contributed by atoms with Gasteiger partial charge in [-0.1, -0.05) is 0 Å². The van der Waals surface area contributed by atoms with Crippen LogP contribution in [0.2, 0.25) is 4.82 Å². The Morgan fingerprint density at radius 1 is 1.09 bits per heavy atom. The molecule has 0 amide bonds. The number of hydrogen-bond donors (Lipinski definition) is 0. The van der Waals surface area contributed by atoms with E-state index in [1.54, 1.807) is 7.11 Å². The molecule has 0 aromatic heterocycles. The van der Waals surface area contributed by atoms with Crippen LogP contribution in [0.5, 0.6) is 0 Å². The maximum atomic E-state index is 8.97. The molecule has 2 atom stereocenters. The molecule has 0 bridgehead atoms. The van der Waals surface area contributed by atoms with Gasteiger partial charge in [0.15, 0.2) is 0 Å². The van der Waals surface area contributed by atoms with E-state index in [0.717, 1.165) is 12.0 Å². The molecule has 0 aliphatic rings. The molecular weight excluding hydrogens is 341 g/mol. The van der Waals surface area contributed by atoms with Crippen molar-refractivity contribution in [1.29, 1.82) is 0 Å². The van der Waals surface area contributed by atoms with Crippen molar-refractivity contribution >= 4 is 19.4 Å². The normalized spacial score (nSPS) is 13.1. The van der Waals surface area contributed by atoms with E-state index in [9.17, 15) is 0 Å². The number of hydrogen-bond acceptors (Lipinski definition) is 2. The minimum atomic E-state index is -0.151. The van der Waals surface area contributed by atoms with Crippen LogP contribution in [0.15, 0.2) is 65.8 Å². The van der Waals surface area contributed by atoms with Crippen molar-refractivity contribution in [1.82, 2.24) is 0 Å². The van der Waals surface area contributed by atoms with Gasteiger partial charge in [0.05, 0.1) is 0 Å². The molecule has 0 spiro atoms. The van der Waals surface area contributed by atoms with E-state index in [1.807, 2.05) is 36.4 Å². The summed E-state index contributed by atoms with van der Waals surface area (Å²) in [4.78, 5) is 3.35. The van der Waals surface area contributed by atoms with Crippen molar-refractivity contribution in [2.24, 2.45) is 5.11 Å². The van der Waals surface area contributed by atoms with E-state index in [-0.39, 0.29) is 25.8 Å². The monoisotopic (exact) mass is 361 g/mol. The fraction of sp³-hybridized carbons (Fsp3) is 0.294. The molecule has 2 aromatic carbocycles. The Balaban J connectivity index is 2.25. The van der Waals surface area contributed by atoms with Crippen molar-refractivity contribution in [3.63, 3.8) is 0 Å². The summed E-state index contributed by atoms with van der Waals surface area (Å²) in [5.41, 5.74) is 10.0. The summed E-state index contributed by atoms with van der Waals surface area (Å²) in [6, 6.07) is 20.2. The number of benzene rings is 2. The minimum absolute atomic E-state index is 0.151. The van der Waals surface area contributed by atoms with Crippen molar-refractivity contribution in [2.75, 3.05) is 13.7 Å². The van der Waals surface area contributed by atoms with E-state index in [4.69, 9.17) is 10.3 Å². The van der Waals surface area contributed by atoms with Crippen LogP contribution in [0.25, 0.3) is 10.4 Å². The van der Waals surface area contributed by atoms with Crippen molar-refractivity contribution < 1.29 is 4.74 Å². The topological polar surface area (TPSA) is 58.0 Å². The van der Waals surface area contributed by atoms with Gasteiger partial charge in [0, 0.05) is 0 Å². The zero-order chi connectivity index (χ0) is 15.6. The Morgan fingerprint density at radius 2 is 1.73 bits per heavy atom. The van der Waals surface area contributed by atoms with E-state index in [0.29, 0.717) is 6.61 Å².